The summed E-state index contributed by atoms with van der Waals surface area (Å²) in [6.07, 6.45) is -8.24. The van der Waals surface area contributed by atoms with Gasteiger partial charge in [-0.2, -0.15) is 26.3 Å². The molecular weight excluding hydrogens is 546 g/mol. The molecule has 3 aromatic rings. The molecule has 0 radical (unpaired) electrons. The summed E-state index contributed by atoms with van der Waals surface area (Å²) in [5.41, 5.74) is -1.75. The lowest BCUT2D eigenvalue weighted by atomic mass is 10.0. The van der Waals surface area contributed by atoms with Gasteiger partial charge in [0.1, 0.15) is 12.4 Å². The van der Waals surface area contributed by atoms with Gasteiger partial charge in [0.15, 0.2) is 11.5 Å². The minimum atomic E-state index is -5.01. The van der Waals surface area contributed by atoms with E-state index in [1.54, 1.807) is 18.2 Å². The van der Waals surface area contributed by atoms with Gasteiger partial charge in [0.25, 0.3) is 5.24 Å². The molecule has 3 aromatic carbocycles. The van der Waals surface area contributed by atoms with E-state index in [1.807, 2.05) is 30.3 Å². The number of methoxy groups -OCH3 is 1. The number of carbonyl (C=O) groups is 1. The summed E-state index contributed by atoms with van der Waals surface area (Å²) in [6.45, 7) is -0.289. The van der Waals surface area contributed by atoms with E-state index in [0.29, 0.717) is 28.9 Å². The first kappa shape index (κ1) is 28.1. The van der Waals surface area contributed by atoms with E-state index in [2.05, 4.69) is 10.3 Å². The molecule has 1 amide bonds. The fourth-order valence-electron chi connectivity index (χ4n) is 3.64. The quantitative estimate of drug-likeness (QED) is 0.298. The molecule has 1 saturated heterocycles. The zero-order valence-corrected chi connectivity index (χ0v) is 21.0. The summed E-state index contributed by atoms with van der Waals surface area (Å²) in [7, 11) is 1.33. The van der Waals surface area contributed by atoms with Gasteiger partial charge in [-0.15, -0.1) is 0 Å². The number of halogens is 6. The number of nitrogens with zero attached hydrogens (tertiary/aromatic N) is 1. The number of hydrogen-bond acceptors (Lipinski definition) is 5. The summed E-state index contributed by atoms with van der Waals surface area (Å²) in [6, 6.07) is 15.5. The van der Waals surface area contributed by atoms with Crippen LogP contribution in [0.15, 0.2) is 76.6 Å². The van der Waals surface area contributed by atoms with Crippen LogP contribution in [0.25, 0.3) is 6.08 Å². The third kappa shape index (κ3) is 7.14. The first-order chi connectivity index (χ1) is 18.4. The van der Waals surface area contributed by atoms with Crippen LogP contribution in [-0.2, 0) is 25.5 Å². The van der Waals surface area contributed by atoms with Crippen molar-refractivity contribution in [1.82, 2.24) is 5.32 Å². The van der Waals surface area contributed by atoms with Crippen molar-refractivity contribution in [2.45, 2.75) is 25.5 Å². The van der Waals surface area contributed by atoms with Crippen molar-refractivity contribution in [2.24, 2.45) is 4.99 Å². The predicted molar refractivity (Wildman–Crippen MR) is 135 cm³/mol. The fourth-order valence-corrected chi connectivity index (χ4v) is 4.40. The Hall–Kier alpha value is -3.93. The molecule has 0 spiro atoms. The molecule has 12 heteroatoms. The first-order valence-corrected chi connectivity index (χ1v) is 12.1. The zero-order chi connectivity index (χ0) is 28.2. The van der Waals surface area contributed by atoms with Crippen LogP contribution >= 0.6 is 11.8 Å². The number of alkyl halides is 6. The Morgan fingerprint density at radius 3 is 2.33 bits per heavy atom. The van der Waals surface area contributed by atoms with Gasteiger partial charge in [-0.1, -0.05) is 42.5 Å². The Labute approximate surface area is 223 Å². The number of carbonyl (C=O) groups excluding carboxylic acids is 1. The molecule has 4 rings (SSSR count). The van der Waals surface area contributed by atoms with Crippen LogP contribution in [0, 0.1) is 0 Å². The van der Waals surface area contributed by atoms with Crippen molar-refractivity contribution >= 4 is 28.9 Å². The summed E-state index contributed by atoms with van der Waals surface area (Å²) >= 11 is 0.957. The van der Waals surface area contributed by atoms with Gasteiger partial charge < -0.3 is 14.8 Å². The number of rotatable bonds is 7. The Balaban J connectivity index is 1.54. The fraction of sp³-hybridized carbons (Fsp3) is 0.185. The molecule has 0 aliphatic carbocycles. The lowest BCUT2D eigenvalue weighted by molar-refractivity contribution is -0.143. The van der Waals surface area contributed by atoms with Crippen molar-refractivity contribution < 1.29 is 40.6 Å². The van der Waals surface area contributed by atoms with E-state index < -0.39 is 35.6 Å². The topological polar surface area (TPSA) is 59.9 Å². The Bertz CT molecular complexity index is 1420. The van der Waals surface area contributed by atoms with E-state index in [-0.39, 0.29) is 22.8 Å². The van der Waals surface area contributed by atoms with Crippen LogP contribution in [0.4, 0.5) is 31.1 Å². The molecule has 1 N–H and O–H groups in total. The van der Waals surface area contributed by atoms with Crippen LogP contribution in [-0.4, -0.2) is 18.2 Å². The third-order valence-electron chi connectivity index (χ3n) is 5.53. The molecule has 0 aromatic heterocycles. The summed E-state index contributed by atoms with van der Waals surface area (Å²) in [5.74, 6) is 0.656. The number of thioether (sulfide) groups is 1. The molecule has 39 heavy (non-hydrogen) atoms. The second kappa shape index (κ2) is 11.4. The average molecular weight is 567 g/mol. The second-order valence-electron chi connectivity index (χ2n) is 8.24. The van der Waals surface area contributed by atoms with Crippen LogP contribution in [0.5, 0.6) is 11.5 Å². The third-order valence-corrected chi connectivity index (χ3v) is 6.35. The number of benzene rings is 3. The Morgan fingerprint density at radius 1 is 0.923 bits per heavy atom. The minimum Gasteiger partial charge on any atom is -0.493 e. The highest BCUT2D eigenvalue weighted by Crippen LogP contribution is 2.38. The maximum absolute atomic E-state index is 13.5. The summed E-state index contributed by atoms with van der Waals surface area (Å²) < 4.78 is 90.0. The molecule has 0 bridgehead atoms. The standard InChI is InChI=1S/C27H20F6N2O3S/c1-37-22-11-17(12-23-24(35-25(36)39-23)34-14-16-5-3-2-4-6-16)7-10-21(22)38-15-18-8-9-19(26(28,29)30)13-20(18)27(31,32)33/h2-13H,14-15H2,1H3,(H,34,35,36). The van der Waals surface area contributed by atoms with Gasteiger partial charge in [-0.05, 0) is 53.2 Å². The molecule has 0 unspecified atom stereocenters. The Morgan fingerprint density at radius 2 is 1.67 bits per heavy atom. The normalized spacial score (nSPS) is 16.0. The van der Waals surface area contributed by atoms with Gasteiger partial charge in [-0.3, -0.25) is 9.79 Å². The van der Waals surface area contributed by atoms with Crippen molar-refractivity contribution in [3.8, 4) is 11.5 Å². The monoisotopic (exact) mass is 566 g/mol. The summed E-state index contributed by atoms with van der Waals surface area (Å²) in [4.78, 5) is 17.0. The minimum absolute atomic E-state index is 0.0662. The van der Waals surface area contributed by atoms with E-state index >= 15 is 0 Å². The average Bonchev–Trinajstić information content (AvgIpc) is 3.24. The molecule has 204 valence electrons. The lowest BCUT2D eigenvalue weighted by Gasteiger charge is -2.17. The highest BCUT2D eigenvalue weighted by Gasteiger charge is 2.38. The second-order valence-corrected chi connectivity index (χ2v) is 9.25. The number of ether oxygens (including phenoxy) is 2. The maximum atomic E-state index is 13.5. The molecule has 0 atom stereocenters. The first-order valence-electron chi connectivity index (χ1n) is 11.3. The largest absolute Gasteiger partial charge is 0.493 e. The zero-order valence-electron chi connectivity index (χ0n) is 20.2. The molecule has 0 saturated carbocycles. The predicted octanol–water partition coefficient (Wildman–Crippen LogP) is 7.71. The highest BCUT2D eigenvalue weighted by atomic mass is 32.2. The van der Waals surface area contributed by atoms with Gasteiger partial charge >= 0.3 is 12.4 Å². The van der Waals surface area contributed by atoms with Gasteiger partial charge in [0.05, 0.1) is 29.7 Å². The van der Waals surface area contributed by atoms with Crippen LogP contribution in [0.1, 0.15) is 27.8 Å². The molecule has 1 aliphatic rings. The van der Waals surface area contributed by atoms with Crippen molar-refractivity contribution in [2.75, 3.05) is 7.11 Å². The summed E-state index contributed by atoms with van der Waals surface area (Å²) in [5, 5.41) is 2.40. The van der Waals surface area contributed by atoms with E-state index in [9.17, 15) is 31.1 Å². The number of amides is 1. The number of hydrogen-bond donors (Lipinski definition) is 1. The van der Waals surface area contributed by atoms with Gasteiger partial charge in [0.2, 0.25) is 0 Å². The van der Waals surface area contributed by atoms with Crippen molar-refractivity contribution in [3.05, 3.63) is 99.5 Å². The molecule has 1 heterocycles. The van der Waals surface area contributed by atoms with Crippen molar-refractivity contribution in [1.29, 1.82) is 0 Å². The molecule has 1 aliphatic heterocycles. The highest BCUT2D eigenvalue weighted by molar-refractivity contribution is 8.18. The molecular formula is C27H20F6N2O3S. The SMILES string of the molecule is COc1cc(C=C2SC(=O)NC2=NCc2ccccc2)ccc1OCc1ccc(C(F)(F)F)cc1C(F)(F)F. The molecule has 5 nitrogen and oxygen atoms in total. The smallest absolute Gasteiger partial charge is 0.416 e. The van der Waals surface area contributed by atoms with Crippen LogP contribution in [0.3, 0.4) is 0 Å². The van der Waals surface area contributed by atoms with Crippen LogP contribution < -0.4 is 14.8 Å². The van der Waals surface area contributed by atoms with Crippen molar-refractivity contribution in [3.63, 3.8) is 0 Å². The number of nitrogens with one attached hydrogen (secondary N) is 1. The maximum Gasteiger partial charge on any atom is 0.416 e. The van der Waals surface area contributed by atoms with E-state index in [0.717, 1.165) is 23.4 Å². The van der Waals surface area contributed by atoms with E-state index in [1.165, 1.54) is 13.2 Å². The number of amidine groups is 1. The van der Waals surface area contributed by atoms with Gasteiger partial charge in [0, 0.05) is 5.56 Å². The Kier molecular flexibility index (Phi) is 8.24. The lowest BCUT2D eigenvalue weighted by Crippen LogP contribution is -2.19. The molecule has 1 fully saturated rings. The van der Waals surface area contributed by atoms with Gasteiger partial charge in [-0.25, -0.2) is 0 Å². The van der Waals surface area contributed by atoms with Crippen LogP contribution in [0.2, 0.25) is 0 Å². The van der Waals surface area contributed by atoms with E-state index in [4.69, 9.17) is 9.47 Å². The number of aliphatic imine (C=N–C) groups is 1.